The molecule has 0 radical (unpaired) electrons. The summed E-state index contributed by atoms with van der Waals surface area (Å²) in [5.41, 5.74) is 0. The first-order valence-corrected chi connectivity index (χ1v) is 6.72. The number of anilines is 1. The van der Waals surface area contributed by atoms with Crippen LogP contribution in [0, 0.1) is 0 Å². The minimum absolute atomic E-state index is 0.204. The molecule has 0 fully saturated rings. The van der Waals surface area contributed by atoms with Crippen LogP contribution in [0.15, 0.2) is 17.5 Å². The molecule has 2 rings (SSSR count). The first-order valence-electron chi connectivity index (χ1n) is 5.84. The van der Waals surface area contributed by atoms with Crippen molar-refractivity contribution in [3.63, 3.8) is 0 Å². The van der Waals surface area contributed by atoms with Crippen LogP contribution in [0.5, 0.6) is 12.0 Å². The second kappa shape index (κ2) is 6.33. The van der Waals surface area contributed by atoms with Crippen LogP contribution in [0.4, 0.5) is 5.95 Å². The molecule has 6 nitrogen and oxygen atoms in total. The molecule has 102 valence electrons. The quantitative estimate of drug-likeness (QED) is 0.872. The van der Waals surface area contributed by atoms with Crippen LogP contribution >= 0.6 is 11.3 Å². The Morgan fingerprint density at radius 3 is 2.42 bits per heavy atom. The van der Waals surface area contributed by atoms with Crippen molar-refractivity contribution >= 4 is 17.3 Å². The lowest BCUT2D eigenvalue weighted by Crippen LogP contribution is -2.19. The highest BCUT2D eigenvalue weighted by atomic mass is 32.1. The maximum absolute atomic E-state index is 5.00. The molecule has 0 bridgehead atoms. The lowest BCUT2D eigenvalue weighted by Gasteiger charge is -2.13. The second-order valence-electron chi connectivity index (χ2n) is 3.96. The van der Waals surface area contributed by atoms with Crippen LogP contribution in [-0.2, 0) is 6.42 Å². The van der Waals surface area contributed by atoms with E-state index < -0.39 is 0 Å². The Morgan fingerprint density at radius 2 is 1.89 bits per heavy atom. The van der Waals surface area contributed by atoms with Crippen molar-refractivity contribution < 1.29 is 9.47 Å². The number of nitrogens with zero attached hydrogens (tertiary/aromatic N) is 3. The average Bonchev–Trinajstić information content (AvgIpc) is 2.90. The molecule has 2 aromatic heterocycles. The van der Waals surface area contributed by atoms with Crippen molar-refractivity contribution in [2.24, 2.45) is 0 Å². The monoisotopic (exact) mass is 280 g/mol. The Labute approximate surface area is 115 Å². The number of ether oxygens (including phenoxy) is 2. The van der Waals surface area contributed by atoms with Gasteiger partial charge in [0, 0.05) is 17.3 Å². The normalized spacial score (nSPS) is 11.9. The molecule has 0 saturated carbocycles. The van der Waals surface area contributed by atoms with Crippen LogP contribution in [0.25, 0.3) is 0 Å². The van der Waals surface area contributed by atoms with E-state index in [1.165, 1.54) is 19.1 Å². The molecule has 0 amide bonds. The Morgan fingerprint density at radius 1 is 1.21 bits per heavy atom. The van der Waals surface area contributed by atoms with Crippen LogP contribution in [-0.4, -0.2) is 35.2 Å². The van der Waals surface area contributed by atoms with Crippen molar-refractivity contribution in [3.05, 3.63) is 22.4 Å². The first kappa shape index (κ1) is 13.5. The van der Waals surface area contributed by atoms with Crippen molar-refractivity contribution in [2.75, 3.05) is 19.5 Å². The van der Waals surface area contributed by atoms with E-state index in [4.69, 9.17) is 9.47 Å². The van der Waals surface area contributed by atoms with Gasteiger partial charge in [-0.05, 0) is 18.4 Å². The summed E-state index contributed by atoms with van der Waals surface area (Å²) in [5, 5.41) is 5.28. The minimum Gasteiger partial charge on any atom is -0.467 e. The molecule has 0 saturated heterocycles. The van der Waals surface area contributed by atoms with Gasteiger partial charge in [0.25, 0.3) is 0 Å². The summed E-state index contributed by atoms with van der Waals surface area (Å²) in [6.45, 7) is 2.07. The highest BCUT2D eigenvalue weighted by molar-refractivity contribution is 7.09. The third-order valence-corrected chi connectivity index (χ3v) is 3.32. The van der Waals surface area contributed by atoms with E-state index in [2.05, 4.69) is 38.6 Å². The molecule has 1 unspecified atom stereocenters. The van der Waals surface area contributed by atoms with Crippen LogP contribution in [0.1, 0.15) is 11.8 Å². The van der Waals surface area contributed by atoms with E-state index in [9.17, 15) is 0 Å². The summed E-state index contributed by atoms with van der Waals surface area (Å²) in [7, 11) is 3.02. The lowest BCUT2D eigenvalue weighted by atomic mass is 10.2. The summed E-state index contributed by atoms with van der Waals surface area (Å²) in [6.07, 6.45) is 0.911. The zero-order chi connectivity index (χ0) is 13.7. The number of hydrogen-bond acceptors (Lipinski definition) is 7. The number of hydrogen-bond donors (Lipinski definition) is 1. The standard InChI is InChI=1S/C12H16N4O2S/c1-8(7-9-5-4-6-19-9)13-10-14-11(17-2)16-12(15-10)18-3/h4-6,8H,7H2,1-3H3,(H,13,14,15,16). The molecular formula is C12H16N4O2S. The van der Waals surface area contributed by atoms with Gasteiger partial charge in [0.15, 0.2) is 0 Å². The van der Waals surface area contributed by atoms with Crippen LogP contribution in [0.3, 0.4) is 0 Å². The molecule has 0 aromatic carbocycles. The fourth-order valence-electron chi connectivity index (χ4n) is 1.59. The van der Waals surface area contributed by atoms with Crippen molar-refractivity contribution in [3.8, 4) is 12.0 Å². The largest absolute Gasteiger partial charge is 0.467 e. The van der Waals surface area contributed by atoms with E-state index in [0.29, 0.717) is 5.95 Å². The van der Waals surface area contributed by atoms with E-state index >= 15 is 0 Å². The summed E-state index contributed by atoms with van der Waals surface area (Å²) in [5.74, 6) is 0.452. The fourth-order valence-corrected chi connectivity index (χ4v) is 2.42. The minimum atomic E-state index is 0.204. The third kappa shape index (κ3) is 3.78. The van der Waals surface area contributed by atoms with Crippen LogP contribution in [0.2, 0.25) is 0 Å². The van der Waals surface area contributed by atoms with Crippen molar-refractivity contribution in [1.29, 1.82) is 0 Å². The Kier molecular flexibility index (Phi) is 4.51. The number of aromatic nitrogens is 3. The van der Waals surface area contributed by atoms with Crippen molar-refractivity contribution in [2.45, 2.75) is 19.4 Å². The lowest BCUT2D eigenvalue weighted by molar-refractivity contribution is 0.341. The van der Waals surface area contributed by atoms with Gasteiger partial charge >= 0.3 is 12.0 Å². The van der Waals surface area contributed by atoms with E-state index in [1.54, 1.807) is 11.3 Å². The first-order chi connectivity index (χ1) is 9.21. The average molecular weight is 280 g/mol. The summed E-state index contributed by atoms with van der Waals surface area (Å²) in [6, 6.07) is 4.82. The zero-order valence-electron chi connectivity index (χ0n) is 11.1. The van der Waals surface area contributed by atoms with E-state index in [0.717, 1.165) is 6.42 Å². The molecule has 0 aliphatic carbocycles. The molecular weight excluding hydrogens is 264 g/mol. The predicted octanol–water partition coefficient (Wildman–Crippen LogP) is 1.99. The molecule has 19 heavy (non-hydrogen) atoms. The summed E-state index contributed by atoms with van der Waals surface area (Å²) in [4.78, 5) is 13.5. The van der Waals surface area contributed by atoms with Gasteiger partial charge in [-0.2, -0.15) is 9.97 Å². The maximum Gasteiger partial charge on any atom is 0.324 e. The van der Waals surface area contributed by atoms with Gasteiger partial charge in [0.05, 0.1) is 14.2 Å². The number of methoxy groups -OCH3 is 2. The Bertz CT molecular complexity index is 496. The van der Waals surface area contributed by atoms with E-state index in [-0.39, 0.29) is 18.1 Å². The summed E-state index contributed by atoms with van der Waals surface area (Å²) < 4.78 is 10.0. The van der Waals surface area contributed by atoms with Gasteiger partial charge in [0.2, 0.25) is 5.95 Å². The smallest absolute Gasteiger partial charge is 0.324 e. The molecule has 0 spiro atoms. The third-order valence-electron chi connectivity index (χ3n) is 2.42. The summed E-state index contributed by atoms with van der Waals surface area (Å²) >= 11 is 1.73. The molecule has 2 aromatic rings. The van der Waals surface area contributed by atoms with Gasteiger partial charge in [-0.25, -0.2) is 0 Å². The van der Waals surface area contributed by atoms with Crippen LogP contribution < -0.4 is 14.8 Å². The molecule has 0 aliphatic rings. The predicted molar refractivity (Wildman–Crippen MR) is 74.0 cm³/mol. The maximum atomic E-state index is 5.00. The molecule has 0 aliphatic heterocycles. The number of thiophene rings is 1. The highest BCUT2D eigenvalue weighted by Crippen LogP contribution is 2.15. The number of nitrogens with one attached hydrogen (secondary N) is 1. The van der Waals surface area contributed by atoms with Gasteiger partial charge in [0.1, 0.15) is 0 Å². The molecule has 2 heterocycles. The molecule has 7 heteroatoms. The van der Waals surface area contributed by atoms with Gasteiger partial charge in [-0.15, -0.1) is 16.3 Å². The van der Waals surface area contributed by atoms with Gasteiger partial charge in [-0.3, -0.25) is 0 Å². The van der Waals surface area contributed by atoms with E-state index in [1.807, 2.05) is 6.07 Å². The topological polar surface area (TPSA) is 69.2 Å². The Balaban J connectivity index is 2.05. The Hall–Kier alpha value is -1.89. The van der Waals surface area contributed by atoms with Crippen molar-refractivity contribution in [1.82, 2.24) is 15.0 Å². The SMILES string of the molecule is COc1nc(NC(C)Cc2cccs2)nc(OC)n1. The second-order valence-corrected chi connectivity index (χ2v) is 4.99. The van der Waals surface area contributed by atoms with Gasteiger partial charge < -0.3 is 14.8 Å². The molecule has 1 atom stereocenters. The van der Waals surface area contributed by atoms with Gasteiger partial charge in [-0.1, -0.05) is 6.07 Å². The number of rotatable bonds is 6. The zero-order valence-corrected chi connectivity index (χ0v) is 11.9. The highest BCUT2D eigenvalue weighted by Gasteiger charge is 2.10. The fraction of sp³-hybridized carbons (Fsp3) is 0.417. The molecule has 1 N–H and O–H groups in total.